The first-order chi connectivity index (χ1) is 9.76. The van der Waals surface area contributed by atoms with Crippen molar-refractivity contribution in [2.45, 2.75) is 25.9 Å². The molecule has 7 heteroatoms. The number of aromatic amines is 2. The van der Waals surface area contributed by atoms with Gasteiger partial charge in [-0.05, 0) is 12.2 Å². The van der Waals surface area contributed by atoms with Crippen molar-refractivity contribution in [3.63, 3.8) is 0 Å². The fourth-order valence-electron chi connectivity index (χ4n) is 1.94. The Labute approximate surface area is 121 Å². The molecule has 1 atom stereocenters. The van der Waals surface area contributed by atoms with Gasteiger partial charge in [0.15, 0.2) is 0 Å². The quantitative estimate of drug-likeness (QED) is 0.542. The SMILES string of the molecule is CCCSC[C@H](CO)NCc1c[nH]c2c(=O)[nH]cnc12. The summed E-state index contributed by atoms with van der Waals surface area (Å²) in [5, 5.41) is 12.7. The van der Waals surface area contributed by atoms with Gasteiger partial charge in [-0.1, -0.05) is 6.92 Å². The molecule has 0 saturated heterocycles. The van der Waals surface area contributed by atoms with Gasteiger partial charge in [0.2, 0.25) is 0 Å². The van der Waals surface area contributed by atoms with Crippen LogP contribution in [0.15, 0.2) is 17.3 Å². The van der Waals surface area contributed by atoms with Gasteiger partial charge in [-0.3, -0.25) is 4.79 Å². The van der Waals surface area contributed by atoms with E-state index in [1.54, 1.807) is 6.20 Å². The lowest BCUT2D eigenvalue weighted by Crippen LogP contribution is -2.34. The Balaban J connectivity index is 1.98. The van der Waals surface area contributed by atoms with E-state index in [-0.39, 0.29) is 18.2 Å². The maximum Gasteiger partial charge on any atom is 0.275 e. The Bertz CT molecular complexity index is 595. The first-order valence-electron chi connectivity index (χ1n) is 6.71. The third-order valence-corrected chi connectivity index (χ3v) is 4.35. The van der Waals surface area contributed by atoms with Gasteiger partial charge >= 0.3 is 0 Å². The molecule has 0 aliphatic carbocycles. The monoisotopic (exact) mass is 296 g/mol. The van der Waals surface area contributed by atoms with Crippen molar-refractivity contribution in [1.82, 2.24) is 20.3 Å². The van der Waals surface area contributed by atoms with Crippen LogP contribution >= 0.6 is 11.8 Å². The van der Waals surface area contributed by atoms with Crippen molar-refractivity contribution in [3.8, 4) is 0 Å². The number of aliphatic hydroxyl groups is 1. The highest BCUT2D eigenvalue weighted by Gasteiger charge is 2.11. The van der Waals surface area contributed by atoms with Gasteiger partial charge in [0.05, 0.1) is 18.5 Å². The van der Waals surface area contributed by atoms with Crippen LogP contribution in [0.4, 0.5) is 0 Å². The van der Waals surface area contributed by atoms with Crippen molar-refractivity contribution < 1.29 is 5.11 Å². The molecule has 2 aromatic rings. The first-order valence-corrected chi connectivity index (χ1v) is 7.87. The minimum atomic E-state index is -0.168. The summed E-state index contributed by atoms with van der Waals surface area (Å²) in [5.74, 6) is 1.98. The Kier molecular flexibility index (Phi) is 5.63. The summed E-state index contributed by atoms with van der Waals surface area (Å²) in [6.07, 6.45) is 4.33. The third-order valence-electron chi connectivity index (χ3n) is 3.02. The van der Waals surface area contributed by atoms with E-state index in [4.69, 9.17) is 0 Å². The number of fused-ring (bicyclic) bond motifs is 1. The minimum Gasteiger partial charge on any atom is -0.395 e. The average molecular weight is 296 g/mol. The number of nitrogens with zero attached hydrogens (tertiary/aromatic N) is 1. The van der Waals surface area contributed by atoms with Crippen LogP contribution in [-0.4, -0.2) is 44.2 Å². The Morgan fingerprint density at radius 2 is 2.35 bits per heavy atom. The third kappa shape index (κ3) is 3.62. The number of nitrogens with one attached hydrogen (secondary N) is 3. The van der Waals surface area contributed by atoms with E-state index in [1.807, 2.05) is 11.8 Å². The second kappa shape index (κ2) is 7.47. The second-order valence-electron chi connectivity index (χ2n) is 4.60. The van der Waals surface area contributed by atoms with Crippen LogP contribution in [0.2, 0.25) is 0 Å². The summed E-state index contributed by atoms with van der Waals surface area (Å²) in [6, 6.07) is 0.0542. The zero-order valence-corrected chi connectivity index (χ0v) is 12.3. The molecule has 0 spiro atoms. The zero-order valence-electron chi connectivity index (χ0n) is 11.5. The summed E-state index contributed by atoms with van der Waals surface area (Å²) >= 11 is 1.83. The molecule has 0 fully saturated rings. The molecule has 0 radical (unpaired) electrons. The van der Waals surface area contributed by atoms with Gasteiger partial charge < -0.3 is 20.4 Å². The predicted molar refractivity (Wildman–Crippen MR) is 82.0 cm³/mol. The highest BCUT2D eigenvalue weighted by Crippen LogP contribution is 2.12. The molecule has 0 amide bonds. The maximum absolute atomic E-state index is 11.6. The number of hydrogen-bond acceptors (Lipinski definition) is 5. The largest absolute Gasteiger partial charge is 0.395 e. The number of hydrogen-bond donors (Lipinski definition) is 4. The van der Waals surface area contributed by atoms with E-state index in [9.17, 15) is 9.90 Å². The van der Waals surface area contributed by atoms with Crippen molar-refractivity contribution in [1.29, 1.82) is 0 Å². The molecule has 0 aliphatic rings. The molecule has 2 aromatic heterocycles. The summed E-state index contributed by atoms with van der Waals surface area (Å²) < 4.78 is 0. The van der Waals surface area contributed by atoms with Crippen LogP contribution < -0.4 is 10.9 Å². The number of thioether (sulfide) groups is 1. The van der Waals surface area contributed by atoms with Crippen molar-refractivity contribution in [3.05, 3.63) is 28.4 Å². The van der Waals surface area contributed by atoms with Crippen LogP contribution in [0.25, 0.3) is 11.0 Å². The number of H-pyrrole nitrogens is 2. The normalized spacial score (nSPS) is 12.9. The number of aromatic nitrogens is 3. The molecular formula is C13H20N4O2S. The van der Waals surface area contributed by atoms with Gasteiger partial charge in [0.25, 0.3) is 5.56 Å². The molecule has 0 saturated carbocycles. The number of aliphatic hydroxyl groups excluding tert-OH is 1. The molecule has 0 aliphatic heterocycles. The van der Waals surface area contributed by atoms with Crippen LogP contribution in [0.3, 0.4) is 0 Å². The van der Waals surface area contributed by atoms with Crippen molar-refractivity contribution >= 4 is 22.8 Å². The summed E-state index contributed by atoms with van der Waals surface area (Å²) in [6.45, 7) is 2.82. The lowest BCUT2D eigenvalue weighted by Gasteiger charge is -2.15. The van der Waals surface area contributed by atoms with Gasteiger partial charge in [0.1, 0.15) is 5.52 Å². The van der Waals surface area contributed by atoms with Crippen LogP contribution in [0, 0.1) is 0 Å². The second-order valence-corrected chi connectivity index (χ2v) is 5.75. The van der Waals surface area contributed by atoms with Gasteiger partial charge in [0, 0.05) is 30.1 Å². The predicted octanol–water partition coefficient (Wildman–Crippen LogP) is 0.845. The fourth-order valence-corrected chi connectivity index (χ4v) is 2.90. The molecule has 20 heavy (non-hydrogen) atoms. The van der Waals surface area contributed by atoms with Crippen molar-refractivity contribution in [2.24, 2.45) is 0 Å². The average Bonchev–Trinajstić information content (AvgIpc) is 2.87. The molecular weight excluding hydrogens is 276 g/mol. The minimum absolute atomic E-state index is 0.0542. The zero-order chi connectivity index (χ0) is 14.4. The lowest BCUT2D eigenvalue weighted by atomic mass is 10.2. The summed E-state index contributed by atoms with van der Waals surface area (Å²) in [7, 11) is 0. The first kappa shape index (κ1) is 15.1. The van der Waals surface area contributed by atoms with E-state index in [0.717, 1.165) is 23.5 Å². The molecule has 4 N–H and O–H groups in total. The molecule has 2 rings (SSSR count). The van der Waals surface area contributed by atoms with E-state index in [1.165, 1.54) is 6.33 Å². The fraction of sp³-hybridized carbons (Fsp3) is 0.538. The van der Waals surface area contributed by atoms with Crippen LogP contribution in [0.5, 0.6) is 0 Å². The van der Waals surface area contributed by atoms with E-state index < -0.39 is 0 Å². The topological polar surface area (TPSA) is 93.8 Å². The maximum atomic E-state index is 11.6. The molecule has 0 bridgehead atoms. The molecule has 110 valence electrons. The van der Waals surface area contributed by atoms with E-state index in [0.29, 0.717) is 17.6 Å². The highest BCUT2D eigenvalue weighted by molar-refractivity contribution is 7.99. The van der Waals surface area contributed by atoms with Gasteiger partial charge in [-0.15, -0.1) is 0 Å². The Morgan fingerprint density at radius 3 is 3.10 bits per heavy atom. The van der Waals surface area contributed by atoms with Crippen LogP contribution in [-0.2, 0) is 6.54 Å². The molecule has 0 aromatic carbocycles. The molecule has 6 nitrogen and oxygen atoms in total. The van der Waals surface area contributed by atoms with E-state index >= 15 is 0 Å². The Hall–Kier alpha value is -1.31. The van der Waals surface area contributed by atoms with Crippen molar-refractivity contribution in [2.75, 3.05) is 18.1 Å². The standard InChI is InChI=1S/C13H20N4O2S/c1-2-3-20-7-10(6-18)14-4-9-5-15-12-11(9)16-8-17-13(12)19/h5,8,10,14-15,18H,2-4,6-7H2,1H3,(H,16,17,19)/t10-/m0/s1. The van der Waals surface area contributed by atoms with E-state index in [2.05, 4.69) is 27.2 Å². The molecule has 0 unspecified atom stereocenters. The Morgan fingerprint density at radius 1 is 1.50 bits per heavy atom. The summed E-state index contributed by atoms with van der Waals surface area (Å²) in [4.78, 5) is 21.2. The van der Waals surface area contributed by atoms with Crippen LogP contribution in [0.1, 0.15) is 18.9 Å². The molecule has 2 heterocycles. The number of rotatable bonds is 8. The lowest BCUT2D eigenvalue weighted by molar-refractivity contribution is 0.253. The van der Waals surface area contributed by atoms with Gasteiger partial charge in [-0.25, -0.2) is 4.98 Å². The van der Waals surface area contributed by atoms with Gasteiger partial charge in [-0.2, -0.15) is 11.8 Å². The summed E-state index contributed by atoms with van der Waals surface area (Å²) in [5.41, 5.74) is 1.94. The smallest absolute Gasteiger partial charge is 0.275 e. The highest BCUT2D eigenvalue weighted by atomic mass is 32.2.